The van der Waals surface area contributed by atoms with Crippen molar-refractivity contribution in [3.63, 3.8) is 0 Å². The summed E-state index contributed by atoms with van der Waals surface area (Å²) in [5, 5.41) is 0. The summed E-state index contributed by atoms with van der Waals surface area (Å²) in [5.41, 5.74) is 1.01. The van der Waals surface area contributed by atoms with Crippen LogP contribution >= 0.6 is 0 Å². The molecule has 0 fully saturated rings. The minimum atomic E-state index is -0.277. The van der Waals surface area contributed by atoms with Crippen molar-refractivity contribution >= 4 is 11.8 Å². The Kier molecular flexibility index (Phi) is 5.56. The molecule has 0 saturated heterocycles. The highest BCUT2D eigenvalue weighted by Crippen LogP contribution is 2.25. The number of Topliss-reactive ketones (excluding diaryl/α,β-unsaturated/α-hetero) is 1. The first-order chi connectivity index (χ1) is 8.54. The highest BCUT2D eigenvalue weighted by molar-refractivity contribution is 5.82. The molecule has 0 aliphatic rings. The molecule has 0 saturated carbocycles. The van der Waals surface area contributed by atoms with E-state index >= 15 is 0 Å². The lowest BCUT2D eigenvalue weighted by Crippen LogP contribution is -2.16. The Morgan fingerprint density at radius 2 is 1.72 bits per heavy atom. The van der Waals surface area contributed by atoms with Gasteiger partial charge in [-0.1, -0.05) is 44.2 Å². The lowest BCUT2D eigenvalue weighted by molar-refractivity contribution is -0.141. The van der Waals surface area contributed by atoms with E-state index in [9.17, 15) is 9.59 Å². The second-order valence-corrected chi connectivity index (χ2v) is 4.71. The molecule has 1 aromatic rings. The van der Waals surface area contributed by atoms with Crippen molar-refractivity contribution in [2.75, 3.05) is 7.11 Å². The number of ether oxygens (including phenoxy) is 1. The van der Waals surface area contributed by atoms with E-state index in [1.54, 1.807) is 0 Å². The zero-order valence-corrected chi connectivity index (χ0v) is 11.2. The number of esters is 1. The average molecular weight is 248 g/mol. The SMILES string of the molecule is COC(=O)C[C@H](CC(=O)C(C)C)c1ccccc1. The molecule has 0 aromatic heterocycles. The fourth-order valence-electron chi connectivity index (χ4n) is 1.80. The van der Waals surface area contributed by atoms with Crippen LogP contribution in [0.15, 0.2) is 30.3 Å². The number of benzene rings is 1. The van der Waals surface area contributed by atoms with E-state index < -0.39 is 0 Å². The second-order valence-electron chi connectivity index (χ2n) is 4.71. The zero-order valence-electron chi connectivity index (χ0n) is 11.2. The van der Waals surface area contributed by atoms with Crippen LogP contribution in [-0.4, -0.2) is 18.9 Å². The van der Waals surface area contributed by atoms with Crippen LogP contribution in [0.4, 0.5) is 0 Å². The van der Waals surface area contributed by atoms with Gasteiger partial charge in [-0.3, -0.25) is 9.59 Å². The zero-order chi connectivity index (χ0) is 13.5. The fraction of sp³-hybridized carbons (Fsp3) is 0.467. The molecule has 0 amide bonds. The van der Waals surface area contributed by atoms with E-state index in [2.05, 4.69) is 0 Å². The minimum absolute atomic E-state index is 0.00569. The summed E-state index contributed by atoms with van der Waals surface area (Å²) in [7, 11) is 1.37. The van der Waals surface area contributed by atoms with Crippen molar-refractivity contribution in [2.45, 2.75) is 32.6 Å². The van der Waals surface area contributed by atoms with Crippen LogP contribution in [0.1, 0.15) is 38.2 Å². The van der Waals surface area contributed by atoms with Crippen molar-refractivity contribution in [1.29, 1.82) is 0 Å². The topological polar surface area (TPSA) is 43.4 Å². The maximum absolute atomic E-state index is 11.8. The normalized spacial score (nSPS) is 12.2. The van der Waals surface area contributed by atoms with Crippen molar-refractivity contribution in [2.24, 2.45) is 5.92 Å². The van der Waals surface area contributed by atoms with Crippen LogP contribution in [0.3, 0.4) is 0 Å². The number of carbonyl (C=O) groups excluding carboxylic acids is 2. The first kappa shape index (κ1) is 14.4. The Morgan fingerprint density at radius 1 is 1.11 bits per heavy atom. The number of rotatable bonds is 6. The summed E-state index contributed by atoms with van der Waals surface area (Å²) in [6.07, 6.45) is 0.635. The molecule has 18 heavy (non-hydrogen) atoms. The van der Waals surface area contributed by atoms with Gasteiger partial charge >= 0.3 is 5.97 Å². The van der Waals surface area contributed by atoms with E-state index in [-0.39, 0.29) is 30.0 Å². The Bertz CT molecular complexity index is 395. The van der Waals surface area contributed by atoms with Gasteiger partial charge in [-0.2, -0.15) is 0 Å². The molecule has 1 rings (SSSR count). The largest absolute Gasteiger partial charge is 0.469 e. The van der Waals surface area contributed by atoms with Crippen LogP contribution in [0.2, 0.25) is 0 Å². The molecular formula is C15H20O3. The Balaban J connectivity index is 2.82. The molecule has 0 N–H and O–H groups in total. The molecule has 0 spiro atoms. The van der Waals surface area contributed by atoms with E-state index in [0.29, 0.717) is 6.42 Å². The van der Waals surface area contributed by atoms with Crippen molar-refractivity contribution in [1.82, 2.24) is 0 Å². The molecule has 3 heteroatoms. The quantitative estimate of drug-likeness (QED) is 0.727. The smallest absolute Gasteiger partial charge is 0.306 e. The molecule has 0 radical (unpaired) electrons. The number of carbonyl (C=O) groups is 2. The molecule has 3 nitrogen and oxygen atoms in total. The van der Waals surface area contributed by atoms with Crippen LogP contribution < -0.4 is 0 Å². The van der Waals surface area contributed by atoms with Gasteiger partial charge in [0.1, 0.15) is 5.78 Å². The van der Waals surface area contributed by atoms with Gasteiger partial charge in [-0.15, -0.1) is 0 Å². The Hall–Kier alpha value is -1.64. The van der Waals surface area contributed by atoms with Gasteiger partial charge in [0, 0.05) is 18.3 Å². The van der Waals surface area contributed by atoms with E-state index in [1.807, 2.05) is 44.2 Å². The van der Waals surface area contributed by atoms with Crippen LogP contribution in [-0.2, 0) is 14.3 Å². The molecule has 0 bridgehead atoms. The second kappa shape index (κ2) is 6.94. The van der Waals surface area contributed by atoms with Gasteiger partial charge in [0.25, 0.3) is 0 Å². The third-order valence-electron chi connectivity index (χ3n) is 3.00. The lowest BCUT2D eigenvalue weighted by atomic mass is 9.88. The first-order valence-corrected chi connectivity index (χ1v) is 6.19. The van der Waals surface area contributed by atoms with E-state index in [1.165, 1.54) is 7.11 Å². The van der Waals surface area contributed by atoms with Crippen LogP contribution in [0, 0.1) is 5.92 Å². The maximum Gasteiger partial charge on any atom is 0.306 e. The fourth-order valence-corrected chi connectivity index (χ4v) is 1.80. The summed E-state index contributed by atoms with van der Waals surface area (Å²) < 4.78 is 4.69. The number of ketones is 1. The van der Waals surface area contributed by atoms with E-state index in [4.69, 9.17) is 4.74 Å². The van der Waals surface area contributed by atoms with Crippen molar-refractivity contribution < 1.29 is 14.3 Å². The number of methoxy groups -OCH3 is 1. The Morgan fingerprint density at radius 3 is 2.22 bits per heavy atom. The maximum atomic E-state index is 11.8. The van der Waals surface area contributed by atoms with Gasteiger partial charge < -0.3 is 4.74 Å². The summed E-state index contributed by atoms with van der Waals surface area (Å²) in [6, 6.07) is 9.64. The van der Waals surface area contributed by atoms with Gasteiger partial charge in [-0.05, 0) is 5.56 Å². The van der Waals surface area contributed by atoms with Gasteiger partial charge in [-0.25, -0.2) is 0 Å². The molecule has 0 heterocycles. The van der Waals surface area contributed by atoms with Crippen LogP contribution in [0.25, 0.3) is 0 Å². The lowest BCUT2D eigenvalue weighted by Gasteiger charge is -2.16. The van der Waals surface area contributed by atoms with E-state index in [0.717, 1.165) is 5.56 Å². The van der Waals surface area contributed by atoms with Gasteiger partial charge in [0.05, 0.1) is 13.5 Å². The predicted molar refractivity (Wildman–Crippen MR) is 70.3 cm³/mol. The predicted octanol–water partition coefficient (Wildman–Crippen LogP) is 2.95. The first-order valence-electron chi connectivity index (χ1n) is 6.19. The van der Waals surface area contributed by atoms with Gasteiger partial charge in [0.2, 0.25) is 0 Å². The summed E-state index contributed by atoms with van der Waals surface area (Å²) in [5.74, 6) is -0.199. The highest BCUT2D eigenvalue weighted by Gasteiger charge is 2.21. The monoisotopic (exact) mass is 248 g/mol. The molecule has 98 valence electrons. The molecule has 1 atom stereocenters. The third-order valence-corrected chi connectivity index (χ3v) is 3.00. The summed E-state index contributed by atoms with van der Waals surface area (Å²) in [6.45, 7) is 3.76. The number of hydrogen-bond donors (Lipinski definition) is 0. The van der Waals surface area contributed by atoms with Crippen LogP contribution in [0.5, 0.6) is 0 Å². The van der Waals surface area contributed by atoms with Gasteiger partial charge in [0.15, 0.2) is 0 Å². The van der Waals surface area contributed by atoms with Crippen molar-refractivity contribution in [3.05, 3.63) is 35.9 Å². The summed E-state index contributed by atoms with van der Waals surface area (Å²) in [4.78, 5) is 23.3. The molecule has 0 unspecified atom stereocenters. The minimum Gasteiger partial charge on any atom is -0.469 e. The average Bonchev–Trinajstić information content (AvgIpc) is 2.38. The molecule has 0 aliphatic carbocycles. The van der Waals surface area contributed by atoms with Crippen molar-refractivity contribution in [3.8, 4) is 0 Å². The third kappa shape index (κ3) is 4.32. The summed E-state index contributed by atoms with van der Waals surface area (Å²) >= 11 is 0. The molecule has 0 aliphatic heterocycles. The standard InChI is InChI=1S/C15H20O3/c1-11(2)14(16)9-13(10-15(17)18-3)12-7-5-4-6-8-12/h4-8,11,13H,9-10H2,1-3H3/t13-/m0/s1. The molecular weight excluding hydrogens is 228 g/mol. The highest BCUT2D eigenvalue weighted by atomic mass is 16.5. The number of hydrogen-bond acceptors (Lipinski definition) is 3. The molecule has 1 aromatic carbocycles. The Labute approximate surface area is 108 Å².